The van der Waals surface area contributed by atoms with E-state index in [1.807, 2.05) is 4.90 Å². The molecule has 2 aliphatic carbocycles. The van der Waals surface area contributed by atoms with E-state index in [9.17, 15) is 9.90 Å². The fourth-order valence-corrected chi connectivity index (χ4v) is 6.27. The summed E-state index contributed by atoms with van der Waals surface area (Å²) >= 11 is 0. The van der Waals surface area contributed by atoms with E-state index in [0.29, 0.717) is 30.1 Å². The molecule has 0 aromatic heterocycles. The first-order valence-electron chi connectivity index (χ1n) is 13.7. The van der Waals surface area contributed by atoms with Crippen LogP contribution in [0.2, 0.25) is 0 Å². The second-order valence-corrected chi connectivity index (χ2v) is 11.2. The predicted molar refractivity (Wildman–Crippen MR) is 143 cm³/mol. The van der Waals surface area contributed by atoms with Crippen molar-refractivity contribution < 1.29 is 9.90 Å². The van der Waals surface area contributed by atoms with Crippen LogP contribution in [0.1, 0.15) is 90.2 Å². The standard InChI is InChI=1S/C31H47NO2/c1-22(2)32(23(3)4)31(34)17-8-6-7-14-26-19-27-21-30(33)28(29(27)20-26)16-10-9-13-25-15-11-12-24(5)18-25/h10-12,15-16,18-19,22-23,27-30,33H,6-9,13-14,17,20-21H2,1-5H3/t27-,28+,29-,30+/m0/s1. The fourth-order valence-electron chi connectivity index (χ4n) is 6.27. The van der Waals surface area contributed by atoms with Crippen molar-refractivity contribution in [2.75, 3.05) is 0 Å². The number of aryl methyl sites for hydroxylation is 2. The van der Waals surface area contributed by atoms with E-state index in [1.54, 1.807) is 5.57 Å². The minimum Gasteiger partial charge on any atom is -0.392 e. The summed E-state index contributed by atoms with van der Waals surface area (Å²) in [5, 5.41) is 10.6. The molecule has 3 rings (SSSR count). The van der Waals surface area contributed by atoms with E-state index in [0.717, 1.165) is 44.9 Å². The van der Waals surface area contributed by atoms with Gasteiger partial charge in [-0.15, -0.1) is 0 Å². The number of hydrogen-bond donors (Lipinski definition) is 1. The van der Waals surface area contributed by atoms with Crippen molar-refractivity contribution in [1.29, 1.82) is 0 Å². The molecule has 0 spiro atoms. The molecule has 0 heterocycles. The largest absolute Gasteiger partial charge is 0.392 e. The van der Waals surface area contributed by atoms with Crippen LogP contribution in [0.5, 0.6) is 0 Å². The number of allylic oxidation sites excluding steroid dienone is 3. The molecule has 1 amide bonds. The second-order valence-electron chi connectivity index (χ2n) is 11.2. The number of unbranched alkanes of at least 4 members (excludes halogenated alkanes) is 2. The number of aliphatic hydroxyl groups is 1. The Bertz CT molecular complexity index is 845. The quantitative estimate of drug-likeness (QED) is 0.266. The lowest BCUT2D eigenvalue weighted by Crippen LogP contribution is -2.41. The summed E-state index contributed by atoms with van der Waals surface area (Å²) in [6, 6.07) is 9.30. The summed E-state index contributed by atoms with van der Waals surface area (Å²) in [6.45, 7) is 10.6. The molecule has 3 heteroatoms. The Hall–Kier alpha value is -1.87. The summed E-state index contributed by atoms with van der Waals surface area (Å²) in [4.78, 5) is 14.5. The molecular weight excluding hydrogens is 418 g/mol. The molecule has 188 valence electrons. The van der Waals surface area contributed by atoms with Gasteiger partial charge in [-0.1, -0.05) is 60.1 Å². The highest BCUT2D eigenvalue weighted by Crippen LogP contribution is 2.48. The minimum atomic E-state index is -0.195. The Morgan fingerprint density at radius 3 is 2.59 bits per heavy atom. The number of amides is 1. The Kier molecular flexibility index (Phi) is 10.0. The van der Waals surface area contributed by atoms with Crippen molar-refractivity contribution in [3.05, 3.63) is 59.2 Å². The van der Waals surface area contributed by atoms with Crippen LogP contribution in [0.15, 0.2) is 48.1 Å². The van der Waals surface area contributed by atoms with E-state index < -0.39 is 0 Å². The lowest BCUT2D eigenvalue weighted by atomic mass is 9.88. The second kappa shape index (κ2) is 12.7. The number of fused-ring (bicyclic) bond motifs is 1. The maximum Gasteiger partial charge on any atom is 0.223 e. The smallest absolute Gasteiger partial charge is 0.223 e. The van der Waals surface area contributed by atoms with Crippen molar-refractivity contribution in [1.82, 2.24) is 4.90 Å². The molecule has 34 heavy (non-hydrogen) atoms. The lowest BCUT2D eigenvalue weighted by molar-refractivity contribution is -0.134. The number of nitrogens with zero attached hydrogens (tertiary/aromatic N) is 1. The average molecular weight is 466 g/mol. The van der Waals surface area contributed by atoms with Gasteiger partial charge in [0.05, 0.1) is 6.10 Å². The minimum absolute atomic E-state index is 0.195. The van der Waals surface area contributed by atoms with Crippen LogP contribution in [0.25, 0.3) is 0 Å². The van der Waals surface area contributed by atoms with Gasteiger partial charge in [0.15, 0.2) is 0 Å². The molecule has 0 bridgehead atoms. The van der Waals surface area contributed by atoms with Crippen LogP contribution in [0.3, 0.4) is 0 Å². The first-order valence-corrected chi connectivity index (χ1v) is 13.7. The molecule has 0 unspecified atom stereocenters. The van der Waals surface area contributed by atoms with Crippen LogP contribution in [0.4, 0.5) is 0 Å². The Balaban J connectivity index is 1.37. The van der Waals surface area contributed by atoms with Gasteiger partial charge in [-0.25, -0.2) is 0 Å². The molecule has 4 atom stereocenters. The molecule has 1 fully saturated rings. The maximum atomic E-state index is 12.5. The van der Waals surface area contributed by atoms with Crippen molar-refractivity contribution >= 4 is 5.91 Å². The Morgan fingerprint density at radius 2 is 1.88 bits per heavy atom. The monoisotopic (exact) mass is 465 g/mol. The summed E-state index contributed by atoms with van der Waals surface area (Å²) in [6.07, 6.45) is 16.1. The summed E-state index contributed by atoms with van der Waals surface area (Å²) in [7, 11) is 0. The van der Waals surface area contributed by atoms with Gasteiger partial charge in [0.2, 0.25) is 5.91 Å². The number of rotatable bonds is 12. The van der Waals surface area contributed by atoms with Gasteiger partial charge in [-0.2, -0.15) is 0 Å². The van der Waals surface area contributed by atoms with Gasteiger partial charge < -0.3 is 10.0 Å². The first-order chi connectivity index (χ1) is 16.3. The highest BCUT2D eigenvalue weighted by Gasteiger charge is 2.43. The van der Waals surface area contributed by atoms with Gasteiger partial charge in [0.1, 0.15) is 0 Å². The van der Waals surface area contributed by atoms with Gasteiger partial charge in [0.25, 0.3) is 0 Å². The summed E-state index contributed by atoms with van der Waals surface area (Å²) in [5.41, 5.74) is 4.29. The third-order valence-corrected chi connectivity index (χ3v) is 7.78. The van der Waals surface area contributed by atoms with E-state index in [1.165, 1.54) is 17.5 Å². The van der Waals surface area contributed by atoms with Crippen LogP contribution in [-0.2, 0) is 11.2 Å². The zero-order chi connectivity index (χ0) is 24.7. The average Bonchev–Trinajstić information content (AvgIpc) is 3.27. The number of carbonyl (C=O) groups is 1. The number of benzene rings is 1. The highest BCUT2D eigenvalue weighted by atomic mass is 16.3. The summed E-state index contributed by atoms with van der Waals surface area (Å²) < 4.78 is 0. The zero-order valence-corrected chi connectivity index (χ0v) is 22.2. The topological polar surface area (TPSA) is 40.5 Å². The van der Waals surface area contributed by atoms with Crippen molar-refractivity contribution in [2.24, 2.45) is 17.8 Å². The third-order valence-electron chi connectivity index (χ3n) is 7.78. The van der Waals surface area contributed by atoms with E-state index >= 15 is 0 Å². The van der Waals surface area contributed by atoms with Crippen LogP contribution in [-0.4, -0.2) is 34.1 Å². The third kappa shape index (κ3) is 7.31. The van der Waals surface area contributed by atoms with Crippen LogP contribution >= 0.6 is 0 Å². The summed E-state index contributed by atoms with van der Waals surface area (Å²) in [5.74, 6) is 1.72. The van der Waals surface area contributed by atoms with Gasteiger partial charge in [0, 0.05) is 24.4 Å². The van der Waals surface area contributed by atoms with Crippen molar-refractivity contribution in [3.63, 3.8) is 0 Å². The highest BCUT2D eigenvalue weighted by molar-refractivity contribution is 5.76. The number of carbonyl (C=O) groups excluding carboxylic acids is 1. The Morgan fingerprint density at radius 1 is 1.12 bits per heavy atom. The predicted octanol–water partition coefficient (Wildman–Crippen LogP) is 7.02. The maximum absolute atomic E-state index is 12.5. The molecule has 2 aliphatic rings. The molecule has 3 nitrogen and oxygen atoms in total. The molecule has 0 radical (unpaired) electrons. The molecule has 0 aliphatic heterocycles. The molecule has 0 saturated heterocycles. The van der Waals surface area contributed by atoms with E-state index in [-0.39, 0.29) is 18.2 Å². The van der Waals surface area contributed by atoms with Crippen molar-refractivity contribution in [2.45, 2.75) is 111 Å². The Labute approximate surface area is 208 Å². The van der Waals surface area contributed by atoms with Gasteiger partial charge >= 0.3 is 0 Å². The lowest BCUT2D eigenvalue weighted by Gasteiger charge is -2.30. The van der Waals surface area contributed by atoms with Crippen LogP contribution < -0.4 is 0 Å². The molecule has 1 aromatic carbocycles. The van der Waals surface area contributed by atoms with Crippen LogP contribution in [0, 0.1) is 24.7 Å². The zero-order valence-electron chi connectivity index (χ0n) is 22.2. The van der Waals surface area contributed by atoms with Crippen molar-refractivity contribution in [3.8, 4) is 0 Å². The van der Waals surface area contributed by atoms with Gasteiger partial charge in [-0.3, -0.25) is 4.79 Å². The van der Waals surface area contributed by atoms with Gasteiger partial charge in [-0.05, 0) is 97.0 Å². The van der Waals surface area contributed by atoms with E-state index in [4.69, 9.17) is 0 Å². The first kappa shape index (κ1) is 26.7. The molecule has 1 aromatic rings. The van der Waals surface area contributed by atoms with E-state index in [2.05, 4.69) is 77.1 Å². The number of hydrogen-bond acceptors (Lipinski definition) is 2. The molecular formula is C31H47NO2. The fraction of sp³-hybridized carbons (Fsp3) is 0.645. The SMILES string of the molecule is Cc1cccc(CCC=C[C@@H]2[C@H]3CC(CCCCCC(=O)N(C(C)C)C(C)C)=C[C@H]3C[C@H]2O)c1. The number of aliphatic hydroxyl groups excluding tert-OH is 1. The molecule has 1 N–H and O–H groups in total. The molecule has 1 saturated carbocycles. The normalized spacial score (nSPS) is 24.3.